The minimum atomic E-state index is -0.938. The number of rotatable bonds is 4. The van der Waals surface area contributed by atoms with Crippen LogP contribution in [-0.2, 0) is 11.2 Å². The Kier molecular flexibility index (Phi) is 4.18. The summed E-state index contributed by atoms with van der Waals surface area (Å²) in [5.74, 6) is -1.33. The molecule has 1 aliphatic rings. The molecule has 0 saturated heterocycles. The van der Waals surface area contributed by atoms with E-state index in [2.05, 4.69) is 5.32 Å². The van der Waals surface area contributed by atoms with Crippen molar-refractivity contribution in [1.29, 1.82) is 0 Å². The zero-order chi connectivity index (χ0) is 13.0. The van der Waals surface area contributed by atoms with Gasteiger partial charge in [0.15, 0.2) is 0 Å². The van der Waals surface area contributed by atoms with Crippen molar-refractivity contribution in [3.63, 3.8) is 0 Å². The molecule has 0 atom stereocenters. The van der Waals surface area contributed by atoms with Crippen LogP contribution in [0.4, 0.5) is 10.1 Å². The number of benzene rings is 1. The van der Waals surface area contributed by atoms with Crippen LogP contribution in [0.3, 0.4) is 0 Å². The highest BCUT2D eigenvalue weighted by molar-refractivity contribution is 5.73. The summed E-state index contributed by atoms with van der Waals surface area (Å²) in [6.07, 6.45) is 5.73. The van der Waals surface area contributed by atoms with Gasteiger partial charge >= 0.3 is 5.97 Å². The molecule has 0 unspecified atom stereocenters. The van der Waals surface area contributed by atoms with Gasteiger partial charge in [0.25, 0.3) is 0 Å². The number of hydrogen-bond donors (Lipinski definition) is 2. The first kappa shape index (κ1) is 12.9. The van der Waals surface area contributed by atoms with Gasteiger partial charge in [0.1, 0.15) is 5.82 Å². The van der Waals surface area contributed by atoms with Crippen molar-refractivity contribution in [2.24, 2.45) is 0 Å². The number of anilines is 1. The zero-order valence-electron chi connectivity index (χ0n) is 10.3. The lowest BCUT2D eigenvalue weighted by molar-refractivity contribution is -0.136. The van der Waals surface area contributed by atoms with Gasteiger partial charge in [0.05, 0.1) is 6.42 Å². The Morgan fingerprint density at radius 2 is 2.06 bits per heavy atom. The Balaban J connectivity index is 2.12. The van der Waals surface area contributed by atoms with Crippen molar-refractivity contribution in [3.05, 3.63) is 29.6 Å². The number of halogens is 1. The van der Waals surface area contributed by atoms with E-state index in [1.165, 1.54) is 31.4 Å². The van der Waals surface area contributed by atoms with Crippen LogP contribution in [0.25, 0.3) is 0 Å². The summed E-state index contributed by atoms with van der Waals surface area (Å²) in [6, 6.07) is 4.70. The van der Waals surface area contributed by atoms with E-state index in [4.69, 9.17) is 5.11 Å². The molecule has 18 heavy (non-hydrogen) atoms. The van der Waals surface area contributed by atoms with Crippen molar-refractivity contribution in [2.45, 2.75) is 44.6 Å². The Morgan fingerprint density at radius 1 is 1.33 bits per heavy atom. The quantitative estimate of drug-likeness (QED) is 0.864. The van der Waals surface area contributed by atoms with Crippen LogP contribution in [-0.4, -0.2) is 17.1 Å². The molecular weight excluding hydrogens is 233 g/mol. The molecule has 1 aromatic rings. The molecule has 0 bridgehead atoms. The predicted octanol–water partition coefficient (Wildman–Crippen LogP) is 3.20. The van der Waals surface area contributed by atoms with Crippen LogP contribution in [0.2, 0.25) is 0 Å². The molecule has 98 valence electrons. The number of nitrogens with one attached hydrogen (secondary N) is 1. The maximum absolute atomic E-state index is 13.2. The molecule has 0 aliphatic heterocycles. The van der Waals surface area contributed by atoms with Crippen LogP contribution < -0.4 is 5.32 Å². The summed E-state index contributed by atoms with van der Waals surface area (Å²) in [4.78, 5) is 10.8. The van der Waals surface area contributed by atoms with Crippen molar-refractivity contribution >= 4 is 11.7 Å². The Labute approximate surface area is 106 Å². The van der Waals surface area contributed by atoms with Crippen molar-refractivity contribution < 1.29 is 14.3 Å². The maximum atomic E-state index is 13.2. The number of hydrogen-bond acceptors (Lipinski definition) is 2. The molecule has 1 aromatic carbocycles. The van der Waals surface area contributed by atoms with Gasteiger partial charge in [-0.2, -0.15) is 0 Å². The van der Waals surface area contributed by atoms with Crippen LogP contribution in [0.1, 0.15) is 37.7 Å². The molecule has 1 aliphatic carbocycles. The molecule has 4 heteroatoms. The van der Waals surface area contributed by atoms with Gasteiger partial charge in [-0.05, 0) is 36.6 Å². The third-order valence-corrected chi connectivity index (χ3v) is 3.37. The lowest BCUT2D eigenvalue weighted by Crippen LogP contribution is -2.23. The lowest BCUT2D eigenvalue weighted by Gasteiger charge is -2.25. The molecule has 0 spiro atoms. The fourth-order valence-corrected chi connectivity index (χ4v) is 2.48. The summed E-state index contributed by atoms with van der Waals surface area (Å²) < 4.78 is 13.2. The standard InChI is InChI=1S/C14H18FNO2/c15-11-6-7-13(10(8-11)9-14(17)18)16-12-4-2-1-3-5-12/h6-8,12,16H,1-5,9H2,(H,17,18). The maximum Gasteiger partial charge on any atom is 0.307 e. The number of aliphatic carboxylic acids is 1. The first-order valence-electron chi connectivity index (χ1n) is 6.42. The van der Waals surface area contributed by atoms with Gasteiger partial charge in [-0.15, -0.1) is 0 Å². The monoisotopic (exact) mass is 251 g/mol. The SMILES string of the molecule is O=C(O)Cc1cc(F)ccc1NC1CCCCC1. The minimum absolute atomic E-state index is 0.146. The summed E-state index contributed by atoms with van der Waals surface area (Å²) >= 11 is 0. The molecule has 2 rings (SSSR count). The number of carboxylic acid groups (broad SMARTS) is 1. The first-order chi connectivity index (χ1) is 8.65. The average molecular weight is 251 g/mol. The molecule has 0 radical (unpaired) electrons. The van der Waals surface area contributed by atoms with E-state index in [0.29, 0.717) is 11.6 Å². The Morgan fingerprint density at radius 3 is 2.72 bits per heavy atom. The van der Waals surface area contributed by atoms with Gasteiger partial charge in [-0.1, -0.05) is 19.3 Å². The summed E-state index contributed by atoms with van der Waals surface area (Å²) in [5, 5.41) is 12.2. The zero-order valence-corrected chi connectivity index (χ0v) is 10.3. The van der Waals surface area contributed by atoms with Gasteiger partial charge in [0, 0.05) is 11.7 Å². The highest BCUT2D eigenvalue weighted by Gasteiger charge is 2.15. The Bertz CT molecular complexity index is 428. The van der Waals surface area contributed by atoms with E-state index in [-0.39, 0.29) is 12.2 Å². The van der Waals surface area contributed by atoms with E-state index >= 15 is 0 Å². The van der Waals surface area contributed by atoms with Crippen LogP contribution >= 0.6 is 0 Å². The molecule has 3 nitrogen and oxygen atoms in total. The first-order valence-corrected chi connectivity index (χ1v) is 6.42. The fraction of sp³-hybridized carbons (Fsp3) is 0.500. The van der Waals surface area contributed by atoms with E-state index in [1.807, 2.05) is 0 Å². The second-order valence-corrected chi connectivity index (χ2v) is 4.85. The van der Waals surface area contributed by atoms with Crippen molar-refractivity contribution in [2.75, 3.05) is 5.32 Å². The molecule has 0 heterocycles. The second kappa shape index (κ2) is 5.85. The van der Waals surface area contributed by atoms with E-state index in [1.54, 1.807) is 6.07 Å². The summed E-state index contributed by atoms with van der Waals surface area (Å²) in [7, 11) is 0. The van der Waals surface area contributed by atoms with Crippen LogP contribution in [0.15, 0.2) is 18.2 Å². The number of carbonyl (C=O) groups is 1. The topological polar surface area (TPSA) is 49.3 Å². The fourth-order valence-electron chi connectivity index (χ4n) is 2.48. The molecule has 2 N–H and O–H groups in total. The summed E-state index contributed by atoms with van der Waals surface area (Å²) in [5.41, 5.74) is 1.28. The van der Waals surface area contributed by atoms with Crippen molar-refractivity contribution in [1.82, 2.24) is 0 Å². The van der Waals surface area contributed by atoms with Gasteiger partial charge in [-0.3, -0.25) is 4.79 Å². The highest BCUT2D eigenvalue weighted by atomic mass is 19.1. The third kappa shape index (κ3) is 3.45. The molecular formula is C14H18FNO2. The molecule has 0 amide bonds. The lowest BCUT2D eigenvalue weighted by atomic mass is 9.95. The minimum Gasteiger partial charge on any atom is -0.481 e. The number of carboxylic acids is 1. The second-order valence-electron chi connectivity index (χ2n) is 4.85. The normalized spacial score (nSPS) is 16.5. The summed E-state index contributed by atoms with van der Waals surface area (Å²) in [6.45, 7) is 0. The van der Waals surface area contributed by atoms with Crippen LogP contribution in [0, 0.1) is 5.82 Å². The predicted molar refractivity (Wildman–Crippen MR) is 68.2 cm³/mol. The van der Waals surface area contributed by atoms with Gasteiger partial charge in [0.2, 0.25) is 0 Å². The van der Waals surface area contributed by atoms with Gasteiger partial charge < -0.3 is 10.4 Å². The average Bonchev–Trinajstić information content (AvgIpc) is 2.33. The molecule has 0 aromatic heterocycles. The molecule has 1 fully saturated rings. The van der Waals surface area contributed by atoms with Gasteiger partial charge in [-0.25, -0.2) is 4.39 Å². The Hall–Kier alpha value is -1.58. The van der Waals surface area contributed by atoms with E-state index in [9.17, 15) is 9.18 Å². The van der Waals surface area contributed by atoms with E-state index in [0.717, 1.165) is 18.5 Å². The smallest absolute Gasteiger partial charge is 0.307 e. The third-order valence-electron chi connectivity index (χ3n) is 3.37. The molecule has 1 saturated carbocycles. The van der Waals surface area contributed by atoms with Crippen LogP contribution in [0.5, 0.6) is 0 Å². The van der Waals surface area contributed by atoms with Crippen molar-refractivity contribution in [3.8, 4) is 0 Å². The van der Waals surface area contributed by atoms with E-state index < -0.39 is 5.97 Å². The largest absolute Gasteiger partial charge is 0.481 e. The highest BCUT2D eigenvalue weighted by Crippen LogP contribution is 2.24.